The average molecular weight is 353 g/mol. The standard InChI is InChI=1S/C14H10Cl2N4O3/c1-7-4-2-3-5-8(7)12-17-9(23-19-12)6-20-14(22)11(16)10(15)13(21)18-20/h2-5H,6H2,1H3,(H,18,21). The number of aromatic amines is 1. The van der Waals surface area contributed by atoms with Gasteiger partial charge in [0.15, 0.2) is 0 Å². The van der Waals surface area contributed by atoms with Gasteiger partial charge in [-0.25, -0.2) is 4.68 Å². The first-order valence-corrected chi connectivity index (χ1v) is 7.29. The Balaban J connectivity index is 1.96. The lowest BCUT2D eigenvalue weighted by Crippen LogP contribution is -2.30. The molecular formula is C14H10Cl2N4O3. The van der Waals surface area contributed by atoms with Crippen molar-refractivity contribution < 1.29 is 4.52 Å². The Labute approximate surface area is 139 Å². The van der Waals surface area contributed by atoms with Crippen LogP contribution < -0.4 is 11.1 Å². The van der Waals surface area contributed by atoms with Crippen molar-refractivity contribution in [2.24, 2.45) is 0 Å². The highest BCUT2D eigenvalue weighted by molar-refractivity contribution is 6.41. The predicted molar refractivity (Wildman–Crippen MR) is 84.9 cm³/mol. The number of rotatable bonds is 3. The number of halogens is 2. The van der Waals surface area contributed by atoms with Crippen LogP contribution in [0.4, 0.5) is 0 Å². The van der Waals surface area contributed by atoms with Crippen molar-refractivity contribution in [3.8, 4) is 11.4 Å². The first kappa shape index (κ1) is 15.5. The second-order valence-corrected chi connectivity index (χ2v) is 5.54. The molecule has 0 aliphatic carbocycles. The number of hydrogen-bond acceptors (Lipinski definition) is 5. The highest BCUT2D eigenvalue weighted by Crippen LogP contribution is 2.20. The van der Waals surface area contributed by atoms with Crippen molar-refractivity contribution in [3.63, 3.8) is 0 Å². The maximum Gasteiger partial charge on any atom is 0.286 e. The van der Waals surface area contributed by atoms with E-state index in [0.29, 0.717) is 5.82 Å². The van der Waals surface area contributed by atoms with Gasteiger partial charge in [0, 0.05) is 5.56 Å². The molecule has 9 heteroatoms. The minimum Gasteiger partial charge on any atom is -0.337 e. The number of benzene rings is 1. The molecule has 3 aromatic rings. The van der Waals surface area contributed by atoms with Crippen LogP contribution in [0.2, 0.25) is 10.0 Å². The Bertz CT molecular complexity index is 990. The summed E-state index contributed by atoms with van der Waals surface area (Å²) in [5, 5.41) is 5.48. The Kier molecular flexibility index (Phi) is 4.06. The maximum atomic E-state index is 12.0. The third-order valence-corrected chi connectivity index (χ3v) is 4.02. The molecule has 0 bridgehead atoms. The van der Waals surface area contributed by atoms with Gasteiger partial charge < -0.3 is 4.52 Å². The van der Waals surface area contributed by atoms with E-state index in [-0.39, 0.29) is 22.5 Å². The van der Waals surface area contributed by atoms with Crippen LogP contribution in [0.5, 0.6) is 0 Å². The van der Waals surface area contributed by atoms with Crippen molar-refractivity contribution in [3.05, 3.63) is 66.5 Å². The van der Waals surface area contributed by atoms with E-state index in [4.69, 9.17) is 27.7 Å². The second kappa shape index (κ2) is 6.02. The van der Waals surface area contributed by atoms with E-state index in [9.17, 15) is 9.59 Å². The number of aromatic nitrogens is 4. The average Bonchev–Trinajstić information content (AvgIpc) is 2.99. The minimum atomic E-state index is -0.671. The van der Waals surface area contributed by atoms with Crippen LogP contribution in [0.15, 0.2) is 38.4 Å². The number of H-pyrrole nitrogens is 1. The van der Waals surface area contributed by atoms with Gasteiger partial charge in [-0.2, -0.15) is 4.98 Å². The predicted octanol–water partition coefficient (Wildman–Crippen LogP) is 2.25. The van der Waals surface area contributed by atoms with Gasteiger partial charge in [0.1, 0.15) is 16.6 Å². The van der Waals surface area contributed by atoms with Crippen molar-refractivity contribution in [2.75, 3.05) is 0 Å². The summed E-state index contributed by atoms with van der Waals surface area (Å²) in [6.45, 7) is 1.80. The van der Waals surface area contributed by atoms with Crippen LogP contribution in [0.1, 0.15) is 11.5 Å². The lowest BCUT2D eigenvalue weighted by atomic mass is 10.1. The maximum absolute atomic E-state index is 12.0. The van der Waals surface area contributed by atoms with Gasteiger partial charge >= 0.3 is 0 Å². The molecule has 0 fully saturated rings. The minimum absolute atomic E-state index is 0.121. The van der Waals surface area contributed by atoms with Gasteiger partial charge in [-0.3, -0.25) is 14.7 Å². The van der Waals surface area contributed by atoms with E-state index in [1.807, 2.05) is 31.2 Å². The Morgan fingerprint density at radius 3 is 2.70 bits per heavy atom. The summed E-state index contributed by atoms with van der Waals surface area (Å²) in [6, 6.07) is 7.54. The zero-order valence-electron chi connectivity index (χ0n) is 11.8. The summed E-state index contributed by atoms with van der Waals surface area (Å²) in [6.07, 6.45) is 0. The van der Waals surface area contributed by atoms with Gasteiger partial charge in [-0.1, -0.05) is 52.6 Å². The normalized spacial score (nSPS) is 10.9. The molecule has 0 unspecified atom stereocenters. The highest BCUT2D eigenvalue weighted by Gasteiger charge is 2.15. The van der Waals surface area contributed by atoms with Gasteiger partial charge in [0.05, 0.1) is 0 Å². The Hall–Kier alpha value is -2.38. The quantitative estimate of drug-likeness (QED) is 0.779. The van der Waals surface area contributed by atoms with Crippen LogP contribution in [0.3, 0.4) is 0 Å². The largest absolute Gasteiger partial charge is 0.337 e. The molecule has 0 saturated carbocycles. The SMILES string of the molecule is Cc1ccccc1-c1noc(Cn2[nH]c(=O)c(Cl)c(Cl)c2=O)n1. The lowest BCUT2D eigenvalue weighted by molar-refractivity contribution is 0.362. The molecule has 0 radical (unpaired) electrons. The van der Waals surface area contributed by atoms with Crippen LogP contribution in [0.25, 0.3) is 11.4 Å². The van der Waals surface area contributed by atoms with E-state index >= 15 is 0 Å². The number of aryl methyl sites for hydroxylation is 1. The molecule has 0 saturated heterocycles. The Morgan fingerprint density at radius 1 is 1.22 bits per heavy atom. The third kappa shape index (κ3) is 2.93. The zero-order valence-corrected chi connectivity index (χ0v) is 13.4. The zero-order chi connectivity index (χ0) is 16.6. The number of hydrogen-bond donors (Lipinski definition) is 1. The Morgan fingerprint density at radius 2 is 1.96 bits per heavy atom. The van der Waals surface area contributed by atoms with E-state index in [1.165, 1.54) is 0 Å². The molecular weight excluding hydrogens is 343 g/mol. The van der Waals surface area contributed by atoms with Gasteiger partial charge in [-0.15, -0.1) is 0 Å². The van der Waals surface area contributed by atoms with Gasteiger partial charge in [0.2, 0.25) is 11.7 Å². The third-order valence-electron chi connectivity index (χ3n) is 3.21. The van der Waals surface area contributed by atoms with E-state index in [1.54, 1.807) is 0 Å². The molecule has 3 rings (SSSR count). The second-order valence-electron chi connectivity index (χ2n) is 4.79. The van der Waals surface area contributed by atoms with E-state index in [0.717, 1.165) is 15.8 Å². The highest BCUT2D eigenvalue weighted by atomic mass is 35.5. The molecule has 0 aliphatic heterocycles. The summed E-state index contributed by atoms with van der Waals surface area (Å²) < 4.78 is 6.09. The number of nitrogens with one attached hydrogen (secondary N) is 1. The first-order chi connectivity index (χ1) is 11.0. The van der Waals surface area contributed by atoms with Crippen molar-refractivity contribution >= 4 is 23.2 Å². The van der Waals surface area contributed by atoms with Gasteiger partial charge in [-0.05, 0) is 12.5 Å². The fraction of sp³-hybridized carbons (Fsp3) is 0.143. The van der Waals surface area contributed by atoms with Crippen molar-refractivity contribution in [2.45, 2.75) is 13.5 Å². The molecule has 118 valence electrons. The summed E-state index contributed by atoms with van der Waals surface area (Å²) in [4.78, 5) is 27.8. The number of nitrogens with zero attached hydrogens (tertiary/aromatic N) is 3. The molecule has 2 heterocycles. The monoisotopic (exact) mass is 352 g/mol. The van der Waals surface area contributed by atoms with Crippen LogP contribution in [-0.4, -0.2) is 19.9 Å². The van der Waals surface area contributed by atoms with Crippen molar-refractivity contribution in [1.29, 1.82) is 0 Å². The van der Waals surface area contributed by atoms with Gasteiger partial charge in [0.25, 0.3) is 11.1 Å². The van der Waals surface area contributed by atoms with Crippen LogP contribution >= 0.6 is 23.2 Å². The molecule has 2 aromatic heterocycles. The fourth-order valence-corrected chi connectivity index (χ4v) is 2.34. The van der Waals surface area contributed by atoms with Crippen LogP contribution in [-0.2, 0) is 6.54 Å². The molecule has 0 spiro atoms. The molecule has 0 atom stereocenters. The summed E-state index contributed by atoms with van der Waals surface area (Å²) in [5.74, 6) is 0.549. The summed E-state index contributed by atoms with van der Waals surface area (Å²) in [7, 11) is 0. The molecule has 23 heavy (non-hydrogen) atoms. The molecule has 7 nitrogen and oxygen atoms in total. The summed E-state index contributed by atoms with van der Waals surface area (Å²) >= 11 is 11.3. The lowest BCUT2D eigenvalue weighted by Gasteiger charge is -2.03. The van der Waals surface area contributed by atoms with Crippen molar-refractivity contribution in [1.82, 2.24) is 19.9 Å². The van der Waals surface area contributed by atoms with Crippen LogP contribution in [0, 0.1) is 6.92 Å². The smallest absolute Gasteiger partial charge is 0.286 e. The first-order valence-electron chi connectivity index (χ1n) is 6.54. The molecule has 0 aliphatic rings. The molecule has 0 amide bonds. The van der Waals surface area contributed by atoms with E-state index in [2.05, 4.69) is 15.2 Å². The van der Waals surface area contributed by atoms with E-state index < -0.39 is 11.1 Å². The fourth-order valence-electron chi connectivity index (χ4n) is 2.03. The molecule has 1 aromatic carbocycles. The summed E-state index contributed by atoms with van der Waals surface area (Å²) in [5.41, 5.74) is 0.485. The topological polar surface area (TPSA) is 93.8 Å². The molecule has 1 N–H and O–H groups in total.